The predicted octanol–water partition coefficient (Wildman–Crippen LogP) is 1.40. The van der Waals surface area contributed by atoms with E-state index in [-0.39, 0.29) is 16.1 Å². The SMILES string of the molecule is CS[C@@H](C)C(=O)Nc1ccccc1S(=O)(=O)N1CCOCC1. The molecule has 1 aromatic carbocycles. The van der Waals surface area contributed by atoms with Gasteiger partial charge >= 0.3 is 0 Å². The molecule has 0 saturated carbocycles. The second-order valence-corrected chi connectivity index (χ2v) is 7.96. The number of thioether (sulfide) groups is 1. The van der Waals surface area contributed by atoms with E-state index in [1.807, 2.05) is 6.26 Å². The van der Waals surface area contributed by atoms with Gasteiger partial charge in [-0.1, -0.05) is 12.1 Å². The van der Waals surface area contributed by atoms with Crippen molar-refractivity contribution in [1.82, 2.24) is 4.31 Å². The highest BCUT2D eigenvalue weighted by Gasteiger charge is 2.29. The van der Waals surface area contributed by atoms with E-state index in [9.17, 15) is 13.2 Å². The van der Waals surface area contributed by atoms with Gasteiger partial charge in [0.25, 0.3) is 0 Å². The summed E-state index contributed by atoms with van der Waals surface area (Å²) in [6.45, 7) is 3.20. The lowest BCUT2D eigenvalue weighted by molar-refractivity contribution is -0.115. The first-order valence-corrected chi connectivity index (χ1v) is 9.70. The van der Waals surface area contributed by atoms with Gasteiger partial charge in [0, 0.05) is 13.1 Å². The minimum Gasteiger partial charge on any atom is -0.379 e. The highest BCUT2D eigenvalue weighted by molar-refractivity contribution is 7.99. The molecule has 0 aliphatic carbocycles. The van der Waals surface area contributed by atoms with Crippen LogP contribution >= 0.6 is 11.8 Å². The molecule has 22 heavy (non-hydrogen) atoms. The number of hydrogen-bond donors (Lipinski definition) is 1. The molecule has 1 aliphatic heterocycles. The van der Waals surface area contributed by atoms with Gasteiger partial charge in [0.15, 0.2) is 0 Å². The maximum Gasteiger partial charge on any atom is 0.245 e. The summed E-state index contributed by atoms with van der Waals surface area (Å²) in [5.74, 6) is -0.211. The molecule has 0 spiro atoms. The van der Waals surface area contributed by atoms with E-state index in [4.69, 9.17) is 4.74 Å². The number of sulfonamides is 1. The molecule has 1 heterocycles. The second-order valence-electron chi connectivity index (χ2n) is 4.88. The molecule has 0 aromatic heterocycles. The van der Waals surface area contributed by atoms with E-state index in [2.05, 4.69) is 5.32 Å². The van der Waals surface area contributed by atoms with Gasteiger partial charge in [0.05, 0.1) is 24.2 Å². The summed E-state index contributed by atoms with van der Waals surface area (Å²) >= 11 is 1.41. The molecule has 6 nitrogen and oxygen atoms in total. The molecule has 2 rings (SSSR count). The van der Waals surface area contributed by atoms with Gasteiger partial charge in [0.1, 0.15) is 4.90 Å². The van der Waals surface area contributed by atoms with E-state index in [1.165, 1.54) is 22.1 Å². The van der Waals surface area contributed by atoms with Crippen LogP contribution in [0.25, 0.3) is 0 Å². The molecular formula is C14H20N2O4S2. The third kappa shape index (κ3) is 3.81. The zero-order chi connectivity index (χ0) is 16.2. The Balaban J connectivity index is 2.29. The molecule has 0 radical (unpaired) electrons. The highest BCUT2D eigenvalue weighted by Crippen LogP contribution is 2.25. The number of para-hydroxylation sites is 1. The van der Waals surface area contributed by atoms with Crippen molar-refractivity contribution in [2.45, 2.75) is 17.1 Å². The minimum atomic E-state index is -3.64. The first-order chi connectivity index (χ1) is 10.5. The van der Waals surface area contributed by atoms with E-state index >= 15 is 0 Å². The Labute approximate surface area is 135 Å². The number of amides is 1. The van der Waals surface area contributed by atoms with Crippen LogP contribution in [0.15, 0.2) is 29.2 Å². The van der Waals surface area contributed by atoms with Gasteiger partial charge in [-0.3, -0.25) is 4.79 Å². The van der Waals surface area contributed by atoms with Crippen molar-refractivity contribution in [2.75, 3.05) is 37.9 Å². The Hall–Kier alpha value is -1.09. The molecule has 0 bridgehead atoms. The predicted molar refractivity (Wildman–Crippen MR) is 87.6 cm³/mol. The van der Waals surface area contributed by atoms with Gasteiger partial charge in [-0.05, 0) is 25.3 Å². The smallest absolute Gasteiger partial charge is 0.245 e. The number of nitrogens with zero attached hydrogens (tertiary/aromatic N) is 1. The molecule has 1 saturated heterocycles. The molecule has 0 unspecified atom stereocenters. The van der Waals surface area contributed by atoms with Crippen molar-refractivity contribution in [3.05, 3.63) is 24.3 Å². The van der Waals surface area contributed by atoms with Crippen LogP contribution in [0.3, 0.4) is 0 Å². The first kappa shape index (κ1) is 17.3. The summed E-state index contributed by atoms with van der Waals surface area (Å²) in [5.41, 5.74) is 0.319. The van der Waals surface area contributed by atoms with Crippen molar-refractivity contribution in [3.63, 3.8) is 0 Å². The van der Waals surface area contributed by atoms with Crippen LogP contribution in [-0.4, -0.2) is 56.4 Å². The number of carbonyl (C=O) groups excluding carboxylic acids is 1. The monoisotopic (exact) mass is 344 g/mol. The van der Waals surface area contributed by atoms with Crippen molar-refractivity contribution < 1.29 is 17.9 Å². The standard InChI is InChI=1S/C14H20N2O4S2/c1-11(21-2)14(17)15-12-5-3-4-6-13(12)22(18,19)16-7-9-20-10-8-16/h3-6,11H,7-10H2,1-2H3,(H,15,17)/t11-/m0/s1. The number of hydrogen-bond acceptors (Lipinski definition) is 5. The summed E-state index contributed by atoms with van der Waals surface area (Å²) in [4.78, 5) is 12.2. The lowest BCUT2D eigenvalue weighted by atomic mass is 10.3. The molecule has 1 aromatic rings. The number of rotatable bonds is 5. The van der Waals surface area contributed by atoms with Crippen LogP contribution < -0.4 is 5.32 Å². The van der Waals surface area contributed by atoms with Gasteiger partial charge in [-0.15, -0.1) is 0 Å². The average Bonchev–Trinajstić information content (AvgIpc) is 2.55. The number of anilines is 1. The van der Waals surface area contributed by atoms with Crippen molar-refractivity contribution in [3.8, 4) is 0 Å². The zero-order valence-electron chi connectivity index (χ0n) is 12.6. The molecule has 122 valence electrons. The van der Waals surface area contributed by atoms with Crippen LogP contribution in [0.2, 0.25) is 0 Å². The van der Waals surface area contributed by atoms with Crippen molar-refractivity contribution in [1.29, 1.82) is 0 Å². The lowest BCUT2D eigenvalue weighted by Crippen LogP contribution is -2.41. The second kappa shape index (κ2) is 7.45. The third-order valence-electron chi connectivity index (χ3n) is 3.46. The summed E-state index contributed by atoms with van der Waals surface area (Å²) < 4.78 is 32.1. The summed E-state index contributed by atoms with van der Waals surface area (Å²) in [6, 6.07) is 6.49. The first-order valence-electron chi connectivity index (χ1n) is 6.97. The fourth-order valence-electron chi connectivity index (χ4n) is 2.06. The molecule has 1 aliphatic rings. The Bertz CT molecular complexity index is 627. The van der Waals surface area contributed by atoms with Gasteiger partial charge in [-0.25, -0.2) is 8.42 Å². The summed E-state index contributed by atoms with van der Waals surface area (Å²) in [7, 11) is -3.64. The number of ether oxygens (including phenoxy) is 1. The molecular weight excluding hydrogens is 324 g/mol. The van der Waals surface area contributed by atoms with Gasteiger partial charge in [-0.2, -0.15) is 16.1 Å². The van der Waals surface area contributed by atoms with Crippen LogP contribution in [0, 0.1) is 0 Å². The number of morpholine rings is 1. The van der Waals surface area contributed by atoms with Crippen LogP contribution in [0.4, 0.5) is 5.69 Å². The molecule has 1 atom stereocenters. The average molecular weight is 344 g/mol. The largest absolute Gasteiger partial charge is 0.379 e. The zero-order valence-corrected chi connectivity index (χ0v) is 14.2. The van der Waals surface area contributed by atoms with Gasteiger partial charge in [0.2, 0.25) is 15.9 Å². The van der Waals surface area contributed by atoms with Crippen LogP contribution in [-0.2, 0) is 19.6 Å². The van der Waals surface area contributed by atoms with Crippen LogP contribution in [0.1, 0.15) is 6.92 Å². The quantitative estimate of drug-likeness (QED) is 0.874. The number of nitrogens with one attached hydrogen (secondary N) is 1. The maximum atomic E-state index is 12.7. The Morgan fingerprint density at radius 2 is 1.95 bits per heavy atom. The van der Waals surface area contributed by atoms with E-state index in [0.29, 0.717) is 32.0 Å². The summed E-state index contributed by atoms with van der Waals surface area (Å²) in [5, 5.41) is 2.46. The Morgan fingerprint density at radius 3 is 2.59 bits per heavy atom. The van der Waals surface area contributed by atoms with Crippen LogP contribution in [0.5, 0.6) is 0 Å². The Morgan fingerprint density at radius 1 is 1.32 bits per heavy atom. The fourth-order valence-corrected chi connectivity index (χ4v) is 3.89. The summed E-state index contributed by atoms with van der Waals surface area (Å²) in [6.07, 6.45) is 1.83. The Kier molecular flexibility index (Phi) is 5.85. The van der Waals surface area contributed by atoms with Crippen molar-refractivity contribution >= 4 is 33.4 Å². The fraction of sp³-hybridized carbons (Fsp3) is 0.500. The highest BCUT2D eigenvalue weighted by atomic mass is 32.2. The van der Waals surface area contributed by atoms with Crippen molar-refractivity contribution in [2.24, 2.45) is 0 Å². The van der Waals surface area contributed by atoms with E-state index in [1.54, 1.807) is 25.1 Å². The molecule has 1 fully saturated rings. The van der Waals surface area contributed by atoms with E-state index < -0.39 is 10.0 Å². The number of carbonyl (C=O) groups is 1. The topological polar surface area (TPSA) is 75.7 Å². The normalized spacial score (nSPS) is 17.9. The van der Waals surface area contributed by atoms with E-state index in [0.717, 1.165) is 0 Å². The lowest BCUT2D eigenvalue weighted by Gasteiger charge is -2.27. The maximum absolute atomic E-state index is 12.7. The molecule has 1 amide bonds. The minimum absolute atomic E-state index is 0.124. The van der Waals surface area contributed by atoms with Gasteiger partial charge < -0.3 is 10.1 Å². The molecule has 1 N–H and O–H groups in total. The molecule has 8 heteroatoms. The number of benzene rings is 1. The third-order valence-corrected chi connectivity index (χ3v) is 6.33.